The van der Waals surface area contributed by atoms with Crippen LogP contribution in [0.5, 0.6) is 0 Å². The van der Waals surface area contributed by atoms with Gasteiger partial charge >= 0.3 is 0 Å². The molecule has 0 fully saturated rings. The first-order valence-corrected chi connectivity index (χ1v) is 10.1. The Morgan fingerprint density at radius 1 is 1.15 bits per heavy atom. The normalized spacial score (nSPS) is 11.6. The van der Waals surface area contributed by atoms with E-state index in [4.69, 9.17) is 11.6 Å². The van der Waals surface area contributed by atoms with Gasteiger partial charge < -0.3 is 5.32 Å². The molecular formula is C19H23ClN2O3S. The summed E-state index contributed by atoms with van der Waals surface area (Å²) in [6, 6.07) is 12.4. The number of sulfonamides is 1. The number of halogens is 1. The highest BCUT2D eigenvalue weighted by molar-refractivity contribution is 7.89. The quantitative estimate of drug-likeness (QED) is 0.784. The Morgan fingerprint density at radius 3 is 2.50 bits per heavy atom. The number of aryl methyl sites for hydroxylation is 2. The molecule has 0 unspecified atom stereocenters. The minimum atomic E-state index is -3.55. The van der Waals surface area contributed by atoms with Gasteiger partial charge in [-0.3, -0.25) is 4.79 Å². The first-order chi connectivity index (χ1) is 12.2. The molecule has 0 spiro atoms. The van der Waals surface area contributed by atoms with Gasteiger partial charge in [0.15, 0.2) is 0 Å². The Balaban J connectivity index is 1.99. The van der Waals surface area contributed by atoms with Crippen molar-refractivity contribution in [2.75, 3.05) is 14.1 Å². The van der Waals surface area contributed by atoms with E-state index in [2.05, 4.69) is 5.32 Å². The summed E-state index contributed by atoms with van der Waals surface area (Å²) < 4.78 is 25.9. The van der Waals surface area contributed by atoms with Crippen LogP contribution in [0.25, 0.3) is 0 Å². The number of carbonyl (C=O) groups is 1. The Kier molecular flexibility index (Phi) is 6.81. The maximum atomic E-state index is 12.4. The number of carbonyl (C=O) groups excluding carboxylic acids is 1. The topological polar surface area (TPSA) is 66.5 Å². The van der Waals surface area contributed by atoms with E-state index in [0.29, 0.717) is 23.4 Å². The first kappa shape index (κ1) is 20.4. The molecule has 0 saturated carbocycles. The number of nitrogens with zero attached hydrogens (tertiary/aromatic N) is 1. The monoisotopic (exact) mass is 394 g/mol. The van der Waals surface area contributed by atoms with Crippen molar-refractivity contribution >= 4 is 27.5 Å². The van der Waals surface area contributed by atoms with Crippen molar-refractivity contribution in [3.8, 4) is 0 Å². The second-order valence-corrected chi connectivity index (χ2v) is 8.78. The summed E-state index contributed by atoms with van der Waals surface area (Å²) in [6.45, 7) is 2.09. The third kappa shape index (κ3) is 5.06. The van der Waals surface area contributed by atoms with Gasteiger partial charge in [-0.15, -0.1) is 0 Å². The van der Waals surface area contributed by atoms with Crippen molar-refractivity contribution in [1.82, 2.24) is 9.62 Å². The fourth-order valence-corrected chi connectivity index (χ4v) is 3.75. The van der Waals surface area contributed by atoms with E-state index < -0.39 is 10.0 Å². The van der Waals surface area contributed by atoms with Crippen LogP contribution in [0.15, 0.2) is 47.4 Å². The molecule has 0 saturated heterocycles. The van der Waals surface area contributed by atoms with Crippen LogP contribution in [0, 0.1) is 6.92 Å². The van der Waals surface area contributed by atoms with Crippen LogP contribution < -0.4 is 5.32 Å². The summed E-state index contributed by atoms with van der Waals surface area (Å²) in [5.41, 5.74) is 2.55. The van der Waals surface area contributed by atoms with Gasteiger partial charge in [0.1, 0.15) is 0 Å². The number of rotatable bonds is 7. The predicted octanol–water partition coefficient (Wildman–Crippen LogP) is 3.15. The Labute approximate surface area is 160 Å². The molecule has 2 aromatic carbocycles. The van der Waals surface area contributed by atoms with E-state index in [1.807, 2.05) is 25.1 Å². The third-order valence-electron chi connectivity index (χ3n) is 4.08. The molecule has 7 heteroatoms. The minimum absolute atomic E-state index is 0.140. The molecule has 2 aromatic rings. The van der Waals surface area contributed by atoms with Gasteiger partial charge in [0, 0.05) is 32.1 Å². The highest BCUT2D eigenvalue weighted by atomic mass is 35.5. The van der Waals surface area contributed by atoms with Crippen LogP contribution in [0.2, 0.25) is 5.02 Å². The zero-order valence-electron chi connectivity index (χ0n) is 15.1. The SMILES string of the molecule is Cc1ccc(CCC(=O)NCc2ccccc2S(=O)(=O)N(C)C)cc1Cl. The first-order valence-electron chi connectivity index (χ1n) is 8.24. The van der Waals surface area contributed by atoms with Crippen LogP contribution in [0.3, 0.4) is 0 Å². The fourth-order valence-electron chi connectivity index (χ4n) is 2.43. The lowest BCUT2D eigenvalue weighted by molar-refractivity contribution is -0.121. The van der Waals surface area contributed by atoms with Crippen LogP contribution >= 0.6 is 11.6 Å². The molecule has 1 N–H and O–H groups in total. The number of hydrogen-bond donors (Lipinski definition) is 1. The lowest BCUT2D eigenvalue weighted by atomic mass is 10.1. The van der Waals surface area contributed by atoms with Crippen LogP contribution in [0.4, 0.5) is 0 Å². The summed E-state index contributed by atoms with van der Waals surface area (Å²) in [6.07, 6.45) is 0.880. The predicted molar refractivity (Wildman–Crippen MR) is 104 cm³/mol. The van der Waals surface area contributed by atoms with Crippen LogP contribution in [-0.2, 0) is 27.8 Å². The van der Waals surface area contributed by atoms with Gasteiger partial charge in [0.2, 0.25) is 15.9 Å². The number of benzene rings is 2. The summed E-state index contributed by atoms with van der Waals surface area (Å²) >= 11 is 6.09. The Hall–Kier alpha value is -1.89. The smallest absolute Gasteiger partial charge is 0.242 e. The van der Waals surface area contributed by atoms with Gasteiger partial charge in [0.05, 0.1) is 4.90 Å². The molecule has 0 radical (unpaired) electrons. The van der Waals surface area contributed by atoms with Crippen LogP contribution in [0.1, 0.15) is 23.1 Å². The lowest BCUT2D eigenvalue weighted by Gasteiger charge is -2.15. The molecule has 140 valence electrons. The van der Waals surface area contributed by atoms with E-state index in [-0.39, 0.29) is 17.3 Å². The zero-order valence-corrected chi connectivity index (χ0v) is 16.7. The highest BCUT2D eigenvalue weighted by Gasteiger charge is 2.20. The summed E-state index contributed by atoms with van der Waals surface area (Å²) in [7, 11) is -0.585. The fraction of sp³-hybridized carbons (Fsp3) is 0.316. The summed E-state index contributed by atoms with van der Waals surface area (Å²) in [4.78, 5) is 12.3. The van der Waals surface area contributed by atoms with E-state index in [1.54, 1.807) is 24.3 Å². The van der Waals surface area contributed by atoms with E-state index >= 15 is 0 Å². The Bertz CT molecular complexity index is 895. The zero-order chi connectivity index (χ0) is 19.3. The third-order valence-corrected chi connectivity index (χ3v) is 6.41. The van der Waals surface area contributed by atoms with E-state index in [0.717, 1.165) is 15.4 Å². The molecule has 0 aliphatic heterocycles. The van der Waals surface area contributed by atoms with Gasteiger partial charge in [-0.1, -0.05) is 41.9 Å². The van der Waals surface area contributed by atoms with Gasteiger partial charge in [-0.05, 0) is 42.2 Å². The molecule has 0 heterocycles. The molecule has 0 bridgehead atoms. The van der Waals surface area contributed by atoms with E-state index in [9.17, 15) is 13.2 Å². The van der Waals surface area contributed by atoms with Crippen LogP contribution in [-0.4, -0.2) is 32.7 Å². The standard InChI is InChI=1S/C19H23ClN2O3S/c1-14-8-9-15(12-17(14)20)10-11-19(23)21-13-16-6-4-5-7-18(16)26(24,25)22(2)3/h4-9,12H,10-11,13H2,1-3H3,(H,21,23). The molecule has 0 aromatic heterocycles. The van der Waals surface area contributed by atoms with E-state index in [1.165, 1.54) is 14.1 Å². The summed E-state index contributed by atoms with van der Waals surface area (Å²) in [5.74, 6) is -0.140. The van der Waals surface area contributed by atoms with Crippen molar-refractivity contribution in [2.24, 2.45) is 0 Å². The Morgan fingerprint density at radius 2 is 1.85 bits per heavy atom. The number of hydrogen-bond acceptors (Lipinski definition) is 3. The molecule has 2 rings (SSSR count). The number of nitrogens with one attached hydrogen (secondary N) is 1. The van der Waals surface area contributed by atoms with Crippen molar-refractivity contribution in [1.29, 1.82) is 0 Å². The number of amides is 1. The maximum Gasteiger partial charge on any atom is 0.242 e. The molecule has 0 aliphatic carbocycles. The van der Waals surface area contributed by atoms with Crippen molar-refractivity contribution < 1.29 is 13.2 Å². The van der Waals surface area contributed by atoms with Gasteiger partial charge in [-0.2, -0.15) is 0 Å². The second kappa shape index (κ2) is 8.66. The van der Waals surface area contributed by atoms with Gasteiger partial charge in [-0.25, -0.2) is 12.7 Å². The van der Waals surface area contributed by atoms with Crippen molar-refractivity contribution in [3.05, 3.63) is 64.2 Å². The highest BCUT2D eigenvalue weighted by Crippen LogP contribution is 2.19. The minimum Gasteiger partial charge on any atom is -0.352 e. The maximum absolute atomic E-state index is 12.4. The van der Waals surface area contributed by atoms with Crippen molar-refractivity contribution in [2.45, 2.75) is 31.2 Å². The average molecular weight is 395 g/mol. The molecule has 5 nitrogen and oxygen atoms in total. The molecular weight excluding hydrogens is 372 g/mol. The molecule has 0 aliphatic rings. The molecule has 1 amide bonds. The molecule has 0 atom stereocenters. The second-order valence-electron chi connectivity index (χ2n) is 6.26. The lowest BCUT2D eigenvalue weighted by Crippen LogP contribution is -2.27. The van der Waals surface area contributed by atoms with Crippen molar-refractivity contribution in [3.63, 3.8) is 0 Å². The average Bonchev–Trinajstić information content (AvgIpc) is 2.61. The largest absolute Gasteiger partial charge is 0.352 e. The summed E-state index contributed by atoms with van der Waals surface area (Å²) in [5, 5.41) is 3.48. The van der Waals surface area contributed by atoms with Gasteiger partial charge in [0.25, 0.3) is 0 Å². The molecule has 26 heavy (non-hydrogen) atoms.